The van der Waals surface area contributed by atoms with Crippen LogP contribution in [0.15, 0.2) is 24.3 Å². The number of halogens is 2. The summed E-state index contributed by atoms with van der Waals surface area (Å²) in [5.74, 6) is -0.932. The Bertz CT molecular complexity index is 799. The second-order valence-corrected chi connectivity index (χ2v) is 6.40. The summed E-state index contributed by atoms with van der Waals surface area (Å²) in [4.78, 5) is 24.5. The topological polar surface area (TPSA) is 57.5 Å². The Hall–Kier alpha value is -1.82. The zero-order valence-corrected chi connectivity index (χ0v) is 15.8. The average Bonchev–Trinajstić information content (AvgIpc) is 2.85. The summed E-state index contributed by atoms with van der Waals surface area (Å²) < 4.78 is 12.2. The molecule has 0 spiro atoms. The molecule has 1 heterocycles. The van der Waals surface area contributed by atoms with E-state index in [0.717, 1.165) is 11.4 Å². The molecule has 5 nitrogen and oxygen atoms in total. The minimum atomic E-state index is -0.664. The molecule has 7 heteroatoms. The quantitative estimate of drug-likeness (QED) is 0.533. The number of ether oxygens (including phenoxy) is 2. The van der Waals surface area contributed by atoms with Crippen molar-refractivity contribution in [1.29, 1.82) is 0 Å². The first kappa shape index (κ1) is 19.5. The molecule has 0 unspecified atom stereocenters. The van der Waals surface area contributed by atoms with E-state index in [4.69, 9.17) is 32.7 Å². The van der Waals surface area contributed by atoms with E-state index >= 15 is 0 Å². The van der Waals surface area contributed by atoms with Crippen LogP contribution in [0.4, 0.5) is 0 Å². The molecule has 0 N–H and O–H groups in total. The van der Waals surface area contributed by atoms with Crippen LogP contribution in [0.25, 0.3) is 0 Å². The van der Waals surface area contributed by atoms with Crippen molar-refractivity contribution in [2.45, 2.75) is 20.4 Å². The minimum Gasteiger partial charge on any atom is -0.454 e. The molecular formula is C18H19Cl2NO4. The molecule has 2 aromatic rings. The number of hydrogen-bond acceptors (Lipinski definition) is 4. The fourth-order valence-corrected chi connectivity index (χ4v) is 3.04. The average molecular weight is 384 g/mol. The fraction of sp³-hybridized carbons (Fsp3) is 0.333. The lowest BCUT2D eigenvalue weighted by molar-refractivity contribution is 0.0474. The van der Waals surface area contributed by atoms with Gasteiger partial charge in [-0.25, -0.2) is 4.79 Å². The van der Waals surface area contributed by atoms with Gasteiger partial charge in [-0.2, -0.15) is 0 Å². The van der Waals surface area contributed by atoms with Crippen molar-refractivity contribution < 1.29 is 19.1 Å². The van der Waals surface area contributed by atoms with Crippen LogP contribution < -0.4 is 0 Å². The molecular weight excluding hydrogens is 365 g/mol. The number of Topliss-reactive ketones (excluding diaryl/α,β-unsaturated/α-hetero) is 1. The highest BCUT2D eigenvalue weighted by atomic mass is 35.5. The highest BCUT2D eigenvalue weighted by Crippen LogP contribution is 2.22. The second-order valence-electron chi connectivity index (χ2n) is 5.55. The van der Waals surface area contributed by atoms with Gasteiger partial charge >= 0.3 is 5.97 Å². The summed E-state index contributed by atoms with van der Waals surface area (Å²) >= 11 is 11.8. The third kappa shape index (κ3) is 4.63. The van der Waals surface area contributed by atoms with Crippen molar-refractivity contribution in [3.8, 4) is 0 Å². The maximum absolute atomic E-state index is 12.4. The smallest absolute Gasteiger partial charge is 0.340 e. The number of benzene rings is 1. The first-order valence-corrected chi connectivity index (χ1v) is 8.41. The zero-order chi connectivity index (χ0) is 18.6. The van der Waals surface area contributed by atoms with E-state index in [9.17, 15) is 9.59 Å². The summed E-state index contributed by atoms with van der Waals surface area (Å²) in [6.07, 6.45) is 0. The predicted octanol–water partition coefficient (Wildman–Crippen LogP) is 4.10. The third-order valence-corrected chi connectivity index (χ3v) is 4.43. The van der Waals surface area contributed by atoms with Crippen molar-refractivity contribution in [2.75, 3.05) is 20.3 Å². The van der Waals surface area contributed by atoms with E-state index in [0.29, 0.717) is 23.7 Å². The van der Waals surface area contributed by atoms with Crippen molar-refractivity contribution >= 4 is 35.0 Å². The molecule has 0 aliphatic carbocycles. The van der Waals surface area contributed by atoms with Crippen LogP contribution in [-0.4, -0.2) is 36.6 Å². The van der Waals surface area contributed by atoms with Gasteiger partial charge in [0.25, 0.3) is 0 Å². The molecule has 0 saturated heterocycles. The lowest BCUT2D eigenvalue weighted by atomic mass is 10.1. The van der Waals surface area contributed by atoms with E-state index in [1.165, 1.54) is 18.2 Å². The lowest BCUT2D eigenvalue weighted by Crippen LogP contribution is -2.15. The molecule has 0 aliphatic rings. The second kappa shape index (κ2) is 8.52. The summed E-state index contributed by atoms with van der Waals surface area (Å²) in [6, 6.07) is 6.24. The van der Waals surface area contributed by atoms with Crippen molar-refractivity contribution in [3.05, 3.63) is 56.8 Å². The van der Waals surface area contributed by atoms with Crippen LogP contribution in [0.2, 0.25) is 10.0 Å². The summed E-state index contributed by atoms with van der Waals surface area (Å²) in [5.41, 5.74) is 2.47. The molecule has 0 bridgehead atoms. The van der Waals surface area contributed by atoms with Gasteiger partial charge in [-0.15, -0.1) is 0 Å². The molecule has 0 atom stereocenters. The summed E-state index contributed by atoms with van der Waals surface area (Å²) in [5, 5.41) is 0.601. The monoisotopic (exact) mass is 383 g/mol. The molecule has 1 aromatic carbocycles. The Balaban J connectivity index is 2.06. The van der Waals surface area contributed by atoms with Crippen LogP contribution >= 0.6 is 23.2 Å². The van der Waals surface area contributed by atoms with E-state index in [2.05, 4.69) is 0 Å². The molecule has 2 rings (SSSR count). The third-order valence-electron chi connectivity index (χ3n) is 3.88. The standard InChI is InChI=1S/C18H19Cl2NO4/c1-11-8-15(12(2)21(11)6-7-24-3)17(22)10-25-18(23)14-5-4-13(19)9-16(14)20/h4-5,8-9H,6-7,10H2,1-3H3. The number of carbonyl (C=O) groups excluding carboxylic acids is 2. The Morgan fingerprint density at radius 1 is 1.12 bits per heavy atom. The summed E-state index contributed by atoms with van der Waals surface area (Å²) in [7, 11) is 1.63. The maximum Gasteiger partial charge on any atom is 0.340 e. The minimum absolute atomic E-state index is 0.171. The van der Waals surface area contributed by atoms with Crippen LogP contribution in [0.5, 0.6) is 0 Å². The first-order valence-electron chi connectivity index (χ1n) is 7.66. The Morgan fingerprint density at radius 3 is 2.48 bits per heavy atom. The van der Waals surface area contributed by atoms with Crippen LogP contribution in [-0.2, 0) is 16.0 Å². The normalized spacial score (nSPS) is 10.8. The number of esters is 1. The SMILES string of the molecule is COCCn1c(C)cc(C(=O)COC(=O)c2ccc(Cl)cc2Cl)c1C. The van der Waals surface area contributed by atoms with Gasteiger partial charge in [-0.1, -0.05) is 23.2 Å². The van der Waals surface area contributed by atoms with Gasteiger partial charge in [-0.05, 0) is 38.1 Å². The Kier molecular flexibility index (Phi) is 6.64. The number of rotatable bonds is 7. The number of hydrogen-bond donors (Lipinski definition) is 0. The number of aromatic nitrogens is 1. The van der Waals surface area contributed by atoms with E-state index < -0.39 is 5.97 Å². The van der Waals surface area contributed by atoms with Gasteiger partial charge in [0.2, 0.25) is 5.78 Å². The molecule has 1 aromatic heterocycles. The lowest BCUT2D eigenvalue weighted by Gasteiger charge is -2.09. The number of aryl methyl sites for hydroxylation is 1. The highest BCUT2D eigenvalue weighted by molar-refractivity contribution is 6.36. The molecule has 0 fully saturated rings. The Morgan fingerprint density at radius 2 is 1.84 bits per heavy atom. The van der Waals surface area contributed by atoms with Crippen molar-refractivity contribution in [1.82, 2.24) is 4.57 Å². The van der Waals surface area contributed by atoms with Gasteiger partial charge in [0, 0.05) is 35.6 Å². The number of ketones is 1. The van der Waals surface area contributed by atoms with Gasteiger partial charge in [0.1, 0.15) is 0 Å². The maximum atomic E-state index is 12.4. The molecule has 0 amide bonds. The van der Waals surface area contributed by atoms with Crippen molar-refractivity contribution in [3.63, 3.8) is 0 Å². The number of methoxy groups -OCH3 is 1. The van der Waals surface area contributed by atoms with Crippen LogP contribution in [0.3, 0.4) is 0 Å². The van der Waals surface area contributed by atoms with Gasteiger partial charge in [-0.3, -0.25) is 4.79 Å². The van der Waals surface area contributed by atoms with E-state index in [1.807, 2.05) is 18.4 Å². The molecule has 0 radical (unpaired) electrons. The predicted molar refractivity (Wildman–Crippen MR) is 96.9 cm³/mol. The van der Waals surface area contributed by atoms with Gasteiger partial charge < -0.3 is 14.0 Å². The zero-order valence-electron chi connectivity index (χ0n) is 14.3. The van der Waals surface area contributed by atoms with Gasteiger partial charge in [0.05, 0.1) is 17.2 Å². The van der Waals surface area contributed by atoms with Crippen LogP contribution in [0.1, 0.15) is 32.1 Å². The van der Waals surface area contributed by atoms with Crippen LogP contribution in [0, 0.1) is 13.8 Å². The Labute approximate surface area is 156 Å². The molecule has 0 saturated carbocycles. The molecule has 134 valence electrons. The highest BCUT2D eigenvalue weighted by Gasteiger charge is 2.19. The fourth-order valence-electron chi connectivity index (χ4n) is 2.55. The van der Waals surface area contributed by atoms with Crippen molar-refractivity contribution in [2.24, 2.45) is 0 Å². The van der Waals surface area contributed by atoms with E-state index in [1.54, 1.807) is 13.2 Å². The number of carbonyl (C=O) groups is 2. The number of nitrogens with zero attached hydrogens (tertiary/aromatic N) is 1. The van der Waals surface area contributed by atoms with E-state index in [-0.39, 0.29) is 23.0 Å². The first-order chi connectivity index (χ1) is 11.8. The summed E-state index contributed by atoms with van der Waals surface area (Å²) in [6.45, 7) is 4.62. The largest absolute Gasteiger partial charge is 0.454 e. The van der Waals surface area contributed by atoms with Gasteiger partial charge in [0.15, 0.2) is 6.61 Å². The molecule has 0 aliphatic heterocycles. The molecule has 25 heavy (non-hydrogen) atoms.